The molecule has 0 saturated heterocycles. The molecule has 0 bridgehead atoms. The molecule has 1 heterocycles. The highest BCUT2D eigenvalue weighted by Gasteiger charge is 2.04. The Hall–Kier alpha value is -2.44. The highest BCUT2D eigenvalue weighted by molar-refractivity contribution is 6.30. The molecule has 0 saturated carbocycles. The first-order valence-electron chi connectivity index (χ1n) is 6.59. The van der Waals surface area contributed by atoms with E-state index in [9.17, 15) is 0 Å². The van der Waals surface area contributed by atoms with E-state index < -0.39 is 0 Å². The van der Waals surface area contributed by atoms with Gasteiger partial charge in [0, 0.05) is 28.7 Å². The van der Waals surface area contributed by atoms with E-state index in [0.29, 0.717) is 5.75 Å². The number of hydrogen-bond acceptors (Lipinski definition) is 2. The maximum Gasteiger partial charge on any atom is 0.174 e. The Balaban J connectivity index is 1.86. The summed E-state index contributed by atoms with van der Waals surface area (Å²) in [6.07, 6.45) is 2.05. The zero-order valence-electron chi connectivity index (χ0n) is 11.3. The van der Waals surface area contributed by atoms with Gasteiger partial charge in [-0.2, -0.15) is 5.26 Å². The topological polar surface area (TPSA) is 37.9 Å². The predicted octanol–water partition coefficient (Wildman–Crippen LogP) is 4.25. The lowest BCUT2D eigenvalue weighted by atomic mass is 10.2. The monoisotopic (exact) mass is 296 g/mol. The van der Waals surface area contributed by atoms with Gasteiger partial charge in [-0.1, -0.05) is 23.7 Å². The summed E-state index contributed by atoms with van der Waals surface area (Å²) in [6.45, 7) is 0.857. The quantitative estimate of drug-likeness (QED) is 0.722. The number of aromatic nitrogens is 1. The summed E-state index contributed by atoms with van der Waals surface area (Å²) in [5.74, 6) is 0.716. The van der Waals surface area contributed by atoms with Gasteiger partial charge in [-0.3, -0.25) is 0 Å². The standard InChI is InChI=1S/C17H13ClN2O/c18-15-3-1-13(2-4-15)12-20-9-7-14-11-16(21-10-8-19)5-6-17(14)20/h1-7,9,11H,10,12H2. The summed E-state index contributed by atoms with van der Waals surface area (Å²) in [7, 11) is 0. The molecule has 0 aliphatic carbocycles. The fourth-order valence-corrected chi connectivity index (χ4v) is 2.43. The van der Waals surface area contributed by atoms with E-state index in [-0.39, 0.29) is 6.61 Å². The van der Waals surface area contributed by atoms with Gasteiger partial charge in [-0.15, -0.1) is 0 Å². The number of ether oxygens (including phenoxy) is 1. The minimum absolute atomic E-state index is 0.0665. The van der Waals surface area contributed by atoms with Crippen LogP contribution in [-0.2, 0) is 6.54 Å². The van der Waals surface area contributed by atoms with Gasteiger partial charge in [0.15, 0.2) is 6.61 Å². The Morgan fingerprint density at radius 2 is 1.90 bits per heavy atom. The van der Waals surface area contributed by atoms with Crippen molar-refractivity contribution in [3.05, 3.63) is 65.3 Å². The molecule has 3 rings (SSSR count). The van der Waals surface area contributed by atoms with Crippen LogP contribution in [0.2, 0.25) is 5.02 Å². The van der Waals surface area contributed by atoms with Crippen molar-refractivity contribution in [1.29, 1.82) is 5.26 Å². The summed E-state index contributed by atoms with van der Waals surface area (Å²) in [5, 5.41) is 10.4. The van der Waals surface area contributed by atoms with Crippen LogP contribution in [0, 0.1) is 11.3 Å². The summed E-state index contributed by atoms with van der Waals surface area (Å²) in [6, 6.07) is 17.7. The van der Waals surface area contributed by atoms with Gasteiger partial charge in [-0.25, -0.2) is 0 Å². The molecular formula is C17H13ClN2O. The Labute approximate surface area is 127 Å². The molecule has 2 aromatic carbocycles. The summed E-state index contributed by atoms with van der Waals surface area (Å²) < 4.78 is 7.49. The molecule has 0 amide bonds. The molecule has 0 aliphatic heterocycles. The van der Waals surface area contributed by atoms with Gasteiger partial charge in [0.25, 0.3) is 0 Å². The van der Waals surface area contributed by atoms with E-state index in [2.05, 4.69) is 4.57 Å². The summed E-state index contributed by atoms with van der Waals surface area (Å²) in [4.78, 5) is 0. The minimum Gasteiger partial charge on any atom is -0.479 e. The number of nitrogens with zero attached hydrogens (tertiary/aromatic N) is 2. The molecule has 0 spiro atoms. The molecule has 21 heavy (non-hydrogen) atoms. The molecule has 3 nitrogen and oxygen atoms in total. The van der Waals surface area contributed by atoms with Gasteiger partial charge >= 0.3 is 0 Å². The molecule has 104 valence electrons. The minimum atomic E-state index is 0.0665. The van der Waals surface area contributed by atoms with Crippen LogP contribution in [0.25, 0.3) is 10.9 Å². The zero-order chi connectivity index (χ0) is 14.7. The molecule has 4 heteroatoms. The van der Waals surface area contributed by atoms with Crippen molar-refractivity contribution in [3.63, 3.8) is 0 Å². The van der Waals surface area contributed by atoms with Crippen LogP contribution in [0.3, 0.4) is 0 Å². The number of hydrogen-bond donors (Lipinski definition) is 0. The third-order valence-electron chi connectivity index (χ3n) is 3.31. The normalized spacial score (nSPS) is 10.5. The van der Waals surface area contributed by atoms with Gasteiger partial charge in [0.2, 0.25) is 0 Å². The Bertz CT molecular complexity index is 800. The van der Waals surface area contributed by atoms with Gasteiger partial charge in [-0.05, 0) is 42.0 Å². The largest absolute Gasteiger partial charge is 0.479 e. The lowest BCUT2D eigenvalue weighted by Crippen LogP contribution is -1.98. The number of nitriles is 1. The van der Waals surface area contributed by atoms with E-state index in [0.717, 1.165) is 22.5 Å². The molecule has 0 atom stereocenters. The van der Waals surface area contributed by atoms with Crippen LogP contribution < -0.4 is 4.74 Å². The average molecular weight is 297 g/mol. The summed E-state index contributed by atoms with van der Waals surface area (Å²) >= 11 is 5.90. The number of rotatable bonds is 4. The van der Waals surface area contributed by atoms with Crippen LogP contribution in [0.4, 0.5) is 0 Å². The lowest BCUT2D eigenvalue weighted by molar-refractivity contribution is 0.368. The molecule has 0 radical (unpaired) electrons. The SMILES string of the molecule is N#CCOc1ccc2c(ccn2Cc2ccc(Cl)cc2)c1. The molecule has 0 fully saturated rings. The van der Waals surface area contributed by atoms with Gasteiger partial charge < -0.3 is 9.30 Å². The van der Waals surface area contributed by atoms with Gasteiger partial charge in [0.05, 0.1) is 0 Å². The maximum atomic E-state index is 8.54. The predicted molar refractivity (Wildman–Crippen MR) is 83.6 cm³/mol. The fraction of sp³-hybridized carbons (Fsp3) is 0.118. The van der Waals surface area contributed by atoms with Crippen LogP contribution in [0.5, 0.6) is 5.75 Å². The van der Waals surface area contributed by atoms with E-state index in [1.807, 2.05) is 60.8 Å². The first-order chi connectivity index (χ1) is 10.3. The number of fused-ring (bicyclic) bond motifs is 1. The molecule has 3 aromatic rings. The second kappa shape index (κ2) is 5.90. The van der Waals surface area contributed by atoms with Crippen molar-refractivity contribution < 1.29 is 4.74 Å². The zero-order valence-corrected chi connectivity index (χ0v) is 12.0. The van der Waals surface area contributed by atoms with Crippen molar-refractivity contribution in [2.24, 2.45) is 0 Å². The van der Waals surface area contributed by atoms with E-state index in [4.69, 9.17) is 21.6 Å². The van der Waals surface area contributed by atoms with E-state index in [1.54, 1.807) is 0 Å². The average Bonchev–Trinajstić information content (AvgIpc) is 2.90. The Morgan fingerprint density at radius 1 is 1.10 bits per heavy atom. The molecular weight excluding hydrogens is 284 g/mol. The van der Waals surface area contributed by atoms with Crippen LogP contribution in [0.1, 0.15) is 5.56 Å². The lowest BCUT2D eigenvalue weighted by Gasteiger charge is -2.07. The van der Waals surface area contributed by atoms with Crippen LogP contribution in [0.15, 0.2) is 54.7 Å². The summed E-state index contributed by atoms with van der Waals surface area (Å²) in [5.41, 5.74) is 2.33. The Kier molecular flexibility index (Phi) is 3.81. The maximum absolute atomic E-state index is 8.54. The third kappa shape index (κ3) is 3.01. The van der Waals surface area contributed by atoms with Crippen molar-refractivity contribution >= 4 is 22.5 Å². The number of halogens is 1. The number of benzene rings is 2. The first-order valence-corrected chi connectivity index (χ1v) is 6.97. The second-order valence-corrected chi connectivity index (χ2v) is 5.17. The van der Waals surface area contributed by atoms with Crippen molar-refractivity contribution in [2.75, 3.05) is 6.61 Å². The smallest absolute Gasteiger partial charge is 0.174 e. The van der Waals surface area contributed by atoms with Crippen molar-refractivity contribution in [3.8, 4) is 11.8 Å². The van der Waals surface area contributed by atoms with Crippen LogP contribution in [-0.4, -0.2) is 11.2 Å². The van der Waals surface area contributed by atoms with Crippen molar-refractivity contribution in [2.45, 2.75) is 6.54 Å². The molecule has 1 aromatic heterocycles. The third-order valence-corrected chi connectivity index (χ3v) is 3.56. The second-order valence-electron chi connectivity index (χ2n) is 4.74. The molecule has 0 unspecified atom stereocenters. The highest BCUT2D eigenvalue weighted by Crippen LogP contribution is 2.23. The van der Waals surface area contributed by atoms with Crippen LogP contribution >= 0.6 is 11.6 Å². The van der Waals surface area contributed by atoms with Crippen molar-refractivity contribution in [1.82, 2.24) is 4.57 Å². The highest BCUT2D eigenvalue weighted by atomic mass is 35.5. The van der Waals surface area contributed by atoms with E-state index >= 15 is 0 Å². The Morgan fingerprint density at radius 3 is 2.67 bits per heavy atom. The first kappa shape index (κ1) is 13.5. The van der Waals surface area contributed by atoms with E-state index in [1.165, 1.54) is 5.56 Å². The fourth-order valence-electron chi connectivity index (χ4n) is 2.31. The van der Waals surface area contributed by atoms with Gasteiger partial charge in [0.1, 0.15) is 11.8 Å². The molecule has 0 aliphatic rings. The molecule has 0 N–H and O–H groups in total.